The van der Waals surface area contributed by atoms with Gasteiger partial charge in [0.2, 0.25) is 0 Å². The summed E-state index contributed by atoms with van der Waals surface area (Å²) >= 11 is 0. The molecule has 2 atom stereocenters. The molecule has 2 unspecified atom stereocenters. The maximum atomic E-state index is 12.8. The fourth-order valence-electron chi connectivity index (χ4n) is 4.38. The van der Waals surface area contributed by atoms with Crippen molar-refractivity contribution in [3.8, 4) is 0 Å². The fraction of sp³-hybridized carbons (Fsp3) is 0.619. The second-order valence-electron chi connectivity index (χ2n) is 7.71. The van der Waals surface area contributed by atoms with Gasteiger partial charge in [-0.25, -0.2) is 0 Å². The molecule has 2 heterocycles. The molecule has 1 N–H and O–H groups in total. The molecule has 142 valence electrons. The molecule has 5 heteroatoms. The van der Waals surface area contributed by atoms with Crippen LogP contribution in [0.1, 0.15) is 48.9 Å². The van der Waals surface area contributed by atoms with Crippen LogP contribution in [0.2, 0.25) is 0 Å². The highest BCUT2D eigenvalue weighted by Gasteiger charge is 2.33. The van der Waals surface area contributed by atoms with Gasteiger partial charge in [-0.3, -0.25) is 9.59 Å². The van der Waals surface area contributed by atoms with E-state index in [0.717, 1.165) is 38.0 Å². The summed E-state index contributed by atoms with van der Waals surface area (Å²) in [5.74, 6) is -0.199. The number of amides is 1. The molecule has 0 bridgehead atoms. The van der Waals surface area contributed by atoms with Gasteiger partial charge in [-0.2, -0.15) is 0 Å². The predicted molar refractivity (Wildman–Crippen MR) is 101 cm³/mol. The van der Waals surface area contributed by atoms with E-state index in [1.807, 2.05) is 35.2 Å². The zero-order valence-electron chi connectivity index (χ0n) is 15.5. The predicted octanol–water partition coefficient (Wildman–Crippen LogP) is 3.12. The van der Waals surface area contributed by atoms with Gasteiger partial charge in [-0.05, 0) is 69.3 Å². The van der Waals surface area contributed by atoms with Crippen molar-refractivity contribution in [2.24, 2.45) is 11.8 Å². The lowest BCUT2D eigenvalue weighted by molar-refractivity contribution is -0.139. The molecule has 5 nitrogen and oxygen atoms in total. The highest BCUT2D eigenvalue weighted by atomic mass is 16.4. The van der Waals surface area contributed by atoms with E-state index in [-0.39, 0.29) is 24.2 Å². The molecule has 0 saturated carbocycles. The van der Waals surface area contributed by atoms with Crippen LogP contribution in [-0.4, -0.2) is 59.5 Å². The molecule has 2 aliphatic heterocycles. The Balaban J connectivity index is 1.62. The standard InChI is InChI=1S/C21H30N2O3/c24-20(25)15-18-10-14-23(21(26)17-7-3-1-4-8-17)16-19(18)9-13-22-11-5-2-6-12-22/h1,3-4,7-8,18-19H,2,5-6,9-16H2,(H,24,25). The number of rotatable bonds is 6. The van der Waals surface area contributed by atoms with Crippen LogP contribution in [0.3, 0.4) is 0 Å². The van der Waals surface area contributed by atoms with Crippen LogP contribution in [0.4, 0.5) is 0 Å². The molecular weight excluding hydrogens is 328 g/mol. The van der Waals surface area contributed by atoms with E-state index in [1.165, 1.54) is 19.3 Å². The van der Waals surface area contributed by atoms with E-state index in [4.69, 9.17) is 0 Å². The number of hydrogen-bond donors (Lipinski definition) is 1. The minimum atomic E-state index is -0.721. The first-order chi connectivity index (χ1) is 12.6. The maximum Gasteiger partial charge on any atom is 0.303 e. The van der Waals surface area contributed by atoms with Gasteiger partial charge in [0.1, 0.15) is 0 Å². The fourth-order valence-corrected chi connectivity index (χ4v) is 4.38. The van der Waals surface area contributed by atoms with Crippen LogP contribution in [0.25, 0.3) is 0 Å². The van der Waals surface area contributed by atoms with Gasteiger partial charge in [-0.1, -0.05) is 24.6 Å². The lowest BCUT2D eigenvalue weighted by Gasteiger charge is -2.39. The topological polar surface area (TPSA) is 60.9 Å². The van der Waals surface area contributed by atoms with Crippen LogP contribution in [0, 0.1) is 11.8 Å². The Morgan fingerprint density at radius 3 is 2.42 bits per heavy atom. The molecule has 1 aromatic carbocycles. The molecule has 0 aliphatic carbocycles. The van der Waals surface area contributed by atoms with Crippen LogP contribution in [0.5, 0.6) is 0 Å². The van der Waals surface area contributed by atoms with Crippen LogP contribution < -0.4 is 0 Å². The van der Waals surface area contributed by atoms with Crippen LogP contribution >= 0.6 is 0 Å². The van der Waals surface area contributed by atoms with E-state index in [9.17, 15) is 14.7 Å². The summed E-state index contributed by atoms with van der Waals surface area (Å²) in [7, 11) is 0. The summed E-state index contributed by atoms with van der Waals surface area (Å²) in [6.45, 7) is 4.67. The van der Waals surface area contributed by atoms with E-state index in [0.29, 0.717) is 13.1 Å². The molecular formula is C21H30N2O3. The van der Waals surface area contributed by atoms with E-state index < -0.39 is 5.97 Å². The number of carbonyl (C=O) groups is 2. The number of benzene rings is 1. The van der Waals surface area contributed by atoms with Gasteiger partial charge in [0.25, 0.3) is 5.91 Å². The lowest BCUT2D eigenvalue weighted by Crippen LogP contribution is -2.45. The molecule has 0 aromatic heterocycles. The number of hydrogen-bond acceptors (Lipinski definition) is 3. The summed E-state index contributed by atoms with van der Waals surface area (Å²) in [5, 5.41) is 9.26. The Bertz CT molecular complexity index is 599. The summed E-state index contributed by atoms with van der Waals surface area (Å²) in [5.41, 5.74) is 0.721. The molecule has 0 spiro atoms. The molecule has 2 fully saturated rings. The minimum absolute atomic E-state index is 0.0716. The van der Waals surface area contributed by atoms with Crippen molar-refractivity contribution in [2.75, 3.05) is 32.7 Å². The first kappa shape index (κ1) is 18.9. The number of carboxylic acid groups (broad SMARTS) is 1. The van der Waals surface area contributed by atoms with Crippen LogP contribution in [0.15, 0.2) is 30.3 Å². The number of carboxylic acids is 1. The summed E-state index contributed by atoms with van der Waals surface area (Å²) in [4.78, 5) is 28.5. The van der Waals surface area contributed by atoms with Crippen molar-refractivity contribution in [1.29, 1.82) is 0 Å². The SMILES string of the molecule is O=C(O)CC1CCN(C(=O)c2ccccc2)CC1CCN1CCCCC1. The highest BCUT2D eigenvalue weighted by molar-refractivity contribution is 5.94. The van der Waals surface area contributed by atoms with Crippen molar-refractivity contribution in [2.45, 2.75) is 38.5 Å². The quantitative estimate of drug-likeness (QED) is 0.849. The zero-order chi connectivity index (χ0) is 18.4. The molecule has 3 rings (SSSR count). The normalized spacial score (nSPS) is 24.4. The molecule has 2 aliphatic rings. The first-order valence-electron chi connectivity index (χ1n) is 9.92. The van der Waals surface area contributed by atoms with E-state index in [1.54, 1.807) is 0 Å². The Morgan fingerprint density at radius 1 is 1.00 bits per heavy atom. The maximum absolute atomic E-state index is 12.8. The van der Waals surface area contributed by atoms with Gasteiger partial charge in [0.05, 0.1) is 0 Å². The lowest BCUT2D eigenvalue weighted by atomic mass is 9.80. The highest BCUT2D eigenvalue weighted by Crippen LogP contribution is 2.30. The Labute approximate surface area is 156 Å². The van der Waals surface area contributed by atoms with Crippen molar-refractivity contribution < 1.29 is 14.7 Å². The zero-order valence-corrected chi connectivity index (χ0v) is 15.5. The Kier molecular flexibility index (Phi) is 6.67. The summed E-state index contributed by atoms with van der Waals surface area (Å²) < 4.78 is 0. The largest absolute Gasteiger partial charge is 0.481 e. The summed E-state index contributed by atoms with van der Waals surface area (Å²) in [6, 6.07) is 9.40. The second kappa shape index (κ2) is 9.17. The number of aliphatic carboxylic acids is 1. The van der Waals surface area contributed by atoms with Crippen molar-refractivity contribution >= 4 is 11.9 Å². The van der Waals surface area contributed by atoms with Gasteiger partial charge >= 0.3 is 5.97 Å². The van der Waals surface area contributed by atoms with Gasteiger partial charge in [0.15, 0.2) is 0 Å². The average molecular weight is 358 g/mol. The number of nitrogens with zero attached hydrogens (tertiary/aromatic N) is 2. The third kappa shape index (κ3) is 5.07. The molecule has 1 amide bonds. The van der Waals surface area contributed by atoms with Crippen molar-refractivity contribution in [3.05, 3.63) is 35.9 Å². The van der Waals surface area contributed by atoms with E-state index in [2.05, 4.69) is 4.90 Å². The monoisotopic (exact) mass is 358 g/mol. The average Bonchev–Trinajstić information content (AvgIpc) is 2.68. The number of likely N-dealkylation sites (tertiary alicyclic amines) is 2. The molecule has 0 radical (unpaired) electrons. The first-order valence-corrected chi connectivity index (χ1v) is 9.92. The van der Waals surface area contributed by atoms with Gasteiger partial charge in [-0.15, -0.1) is 0 Å². The molecule has 2 saturated heterocycles. The van der Waals surface area contributed by atoms with Gasteiger partial charge < -0.3 is 14.9 Å². The van der Waals surface area contributed by atoms with E-state index >= 15 is 0 Å². The third-order valence-corrected chi connectivity index (χ3v) is 5.90. The Morgan fingerprint density at radius 2 is 1.73 bits per heavy atom. The van der Waals surface area contributed by atoms with Gasteiger partial charge in [0, 0.05) is 25.1 Å². The summed E-state index contributed by atoms with van der Waals surface area (Å²) in [6.07, 6.45) is 5.84. The van der Waals surface area contributed by atoms with Crippen molar-refractivity contribution in [1.82, 2.24) is 9.80 Å². The number of piperidine rings is 2. The van der Waals surface area contributed by atoms with Crippen molar-refractivity contribution in [3.63, 3.8) is 0 Å². The third-order valence-electron chi connectivity index (χ3n) is 5.90. The van der Waals surface area contributed by atoms with Crippen LogP contribution in [-0.2, 0) is 4.79 Å². The molecule has 26 heavy (non-hydrogen) atoms. The minimum Gasteiger partial charge on any atom is -0.481 e. The smallest absolute Gasteiger partial charge is 0.303 e. The second-order valence-corrected chi connectivity index (χ2v) is 7.71. The molecule has 1 aromatic rings. The number of carbonyl (C=O) groups excluding carboxylic acids is 1. The Hall–Kier alpha value is -1.88.